The molecule has 18 heavy (non-hydrogen) atoms. The molecule has 6 heteroatoms. The summed E-state index contributed by atoms with van der Waals surface area (Å²) in [5, 5.41) is 6.30. The summed E-state index contributed by atoms with van der Waals surface area (Å²) in [7, 11) is 0. The van der Waals surface area contributed by atoms with Gasteiger partial charge in [-0.1, -0.05) is 0 Å². The van der Waals surface area contributed by atoms with Crippen molar-refractivity contribution in [3.05, 3.63) is 16.1 Å². The van der Waals surface area contributed by atoms with Crippen molar-refractivity contribution in [3.63, 3.8) is 0 Å². The summed E-state index contributed by atoms with van der Waals surface area (Å²) in [6.07, 6.45) is 0. The predicted molar refractivity (Wildman–Crippen MR) is 70.6 cm³/mol. The Balaban J connectivity index is 1.79. The molecule has 1 aromatic heterocycles. The number of thiazole rings is 1. The van der Waals surface area contributed by atoms with E-state index in [2.05, 4.69) is 10.3 Å². The third-order valence-corrected chi connectivity index (χ3v) is 3.77. The number of nitrogens with zero attached hydrogens (tertiary/aromatic N) is 2. The van der Waals surface area contributed by atoms with Gasteiger partial charge in [-0.25, -0.2) is 4.98 Å². The maximum absolute atomic E-state index is 12.1. The zero-order valence-corrected chi connectivity index (χ0v) is 11.6. The van der Waals surface area contributed by atoms with Crippen molar-refractivity contribution in [2.24, 2.45) is 0 Å². The zero-order valence-electron chi connectivity index (χ0n) is 10.8. The molecule has 1 aliphatic heterocycles. The van der Waals surface area contributed by atoms with Crippen molar-refractivity contribution in [1.29, 1.82) is 0 Å². The summed E-state index contributed by atoms with van der Waals surface area (Å²) in [6, 6.07) is -0.176. The van der Waals surface area contributed by atoms with E-state index in [0.29, 0.717) is 32.8 Å². The molecule has 2 rings (SSSR count). The Kier molecular flexibility index (Phi) is 4.68. The molecule has 1 unspecified atom stereocenters. The molecular weight excluding hydrogens is 250 g/mol. The molecule has 0 radical (unpaired) electrons. The Hall–Kier alpha value is -0.980. The average molecular weight is 269 g/mol. The highest BCUT2D eigenvalue weighted by Gasteiger charge is 2.21. The molecule has 1 fully saturated rings. The molecule has 1 atom stereocenters. The van der Waals surface area contributed by atoms with Gasteiger partial charge in [0.25, 0.3) is 0 Å². The van der Waals surface area contributed by atoms with Gasteiger partial charge in [0.1, 0.15) is 0 Å². The third kappa shape index (κ3) is 3.51. The second-order valence-corrected chi connectivity index (χ2v) is 5.46. The van der Waals surface area contributed by atoms with Crippen LogP contribution in [0.1, 0.15) is 17.6 Å². The molecule has 0 aromatic carbocycles. The topological polar surface area (TPSA) is 54.5 Å². The van der Waals surface area contributed by atoms with Crippen LogP contribution in [-0.2, 0) is 16.1 Å². The van der Waals surface area contributed by atoms with E-state index in [1.54, 1.807) is 11.3 Å². The van der Waals surface area contributed by atoms with Crippen molar-refractivity contribution < 1.29 is 9.53 Å². The van der Waals surface area contributed by atoms with Crippen molar-refractivity contribution in [2.45, 2.75) is 26.4 Å². The first-order chi connectivity index (χ1) is 8.66. The molecule has 1 aliphatic rings. The van der Waals surface area contributed by atoms with E-state index in [4.69, 9.17) is 4.74 Å². The van der Waals surface area contributed by atoms with Crippen LogP contribution < -0.4 is 5.32 Å². The number of aromatic nitrogens is 1. The molecule has 0 saturated carbocycles. The summed E-state index contributed by atoms with van der Waals surface area (Å²) in [4.78, 5) is 18.3. The first-order valence-electron chi connectivity index (χ1n) is 6.18. The van der Waals surface area contributed by atoms with Crippen LogP contribution in [0.3, 0.4) is 0 Å². The summed E-state index contributed by atoms with van der Waals surface area (Å²) >= 11 is 1.63. The van der Waals surface area contributed by atoms with Crippen LogP contribution in [0, 0.1) is 6.92 Å². The molecular formula is C12H19N3O2S. The van der Waals surface area contributed by atoms with Crippen LogP contribution in [0.5, 0.6) is 0 Å². The standard InChI is InChI=1S/C12H19N3O2S/c1-9(12(16)15-3-5-17-6-4-15)13-7-11-8-18-10(2)14-11/h8-9,13H,3-7H2,1-2H3. The SMILES string of the molecule is Cc1nc(CNC(C)C(=O)N2CCOCC2)cs1. The smallest absolute Gasteiger partial charge is 0.239 e. The second kappa shape index (κ2) is 6.26. The van der Waals surface area contributed by atoms with Crippen molar-refractivity contribution in [2.75, 3.05) is 26.3 Å². The van der Waals surface area contributed by atoms with E-state index < -0.39 is 0 Å². The fraction of sp³-hybridized carbons (Fsp3) is 0.667. The lowest BCUT2D eigenvalue weighted by Gasteiger charge is -2.29. The predicted octanol–water partition coefficient (Wildman–Crippen LogP) is 0.788. The van der Waals surface area contributed by atoms with E-state index in [1.165, 1.54) is 0 Å². The Labute approximate surface area is 111 Å². The summed E-state index contributed by atoms with van der Waals surface area (Å²) in [5.41, 5.74) is 0.999. The number of nitrogens with one attached hydrogen (secondary N) is 1. The number of hydrogen-bond donors (Lipinski definition) is 1. The van der Waals surface area contributed by atoms with E-state index >= 15 is 0 Å². The fourth-order valence-electron chi connectivity index (χ4n) is 1.89. The number of amides is 1. The maximum Gasteiger partial charge on any atom is 0.239 e. The number of morpholine rings is 1. The maximum atomic E-state index is 12.1. The van der Waals surface area contributed by atoms with Crippen molar-refractivity contribution in [3.8, 4) is 0 Å². The Morgan fingerprint density at radius 3 is 2.94 bits per heavy atom. The normalized spacial score (nSPS) is 17.8. The largest absolute Gasteiger partial charge is 0.378 e. The van der Waals surface area contributed by atoms with Gasteiger partial charge in [0, 0.05) is 25.0 Å². The minimum atomic E-state index is -0.176. The van der Waals surface area contributed by atoms with Gasteiger partial charge >= 0.3 is 0 Å². The second-order valence-electron chi connectivity index (χ2n) is 4.40. The molecule has 1 amide bonds. The van der Waals surface area contributed by atoms with E-state index in [-0.39, 0.29) is 11.9 Å². The van der Waals surface area contributed by atoms with Crippen LogP contribution in [-0.4, -0.2) is 48.1 Å². The van der Waals surface area contributed by atoms with Gasteiger partial charge in [-0.05, 0) is 13.8 Å². The number of aryl methyl sites for hydroxylation is 1. The van der Waals surface area contributed by atoms with Gasteiger partial charge in [-0.3, -0.25) is 4.79 Å². The lowest BCUT2D eigenvalue weighted by Crippen LogP contribution is -2.49. The molecule has 1 N–H and O–H groups in total. The van der Waals surface area contributed by atoms with Crippen LogP contribution in [0.15, 0.2) is 5.38 Å². The molecule has 5 nitrogen and oxygen atoms in total. The molecule has 100 valence electrons. The van der Waals surface area contributed by atoms with Gasteiger partial charge in [0.05, 0.1) is 30.0 Å². The van der Waals surface area contributed by atoms with Crippen LogP contribution in [0.25, 0.3) is 0 Å². The molecule has 1 saturated heterocycles. The molecule has 1 aromatic rings. The van der Waals surface area contributed by atoms with Crippen molar-refractivity contribution in [1.82, 2.24) is 15.2 Å². The average Bonchev–Trinajstić information content (AvgIpc) is 2.82. The van der Waals surface area contributed by atoms with Gasteiger partial charge in [-0.15, -0.1) is 11.3 Å². The molecule has 0 spiro atoms. The van der Waals surface area contributed by atoms with Gasteiger partial charge in [0.15, 0.2) is 0 Å². The summed E-state index contributed by atoms with van der Waals surface area (Å²) in [5.74, 6) is 0.144. The van der Waals surface area contributed by atoms with E-state index in [9.17, 15) is 4.79 Å². The number of rotatable bonds is 4. The van der Waals surface area contributed by atoms with Crippen LogP contribution >= 0.6 is 11.3 Å². The van der Waals surface area contributed by atoms with E-state index in [0.717, 1.165) is 10.7 Å². The third-order valence-electron chi connectivity index (χ3n) is 2.95. The highest BCUT2D eigenvalue weighted by atomic mass is 32.1. The monoisotopic (exact) mass is 269 g/mol. The summed E-state index contributed by atoms with van der Waals surface area (Å²) in [6.45, 7) is 7.20. The molecule has 0 aliphatic carbocycles. The van der Waals surface area contributed by atoms with Crippen LogP contribution in [0.4, 0.5) is 0 Å². The molecule has 2 heterocycles. The number of hydrogen-bond acceptors (Lipinski definition) is 5. The molecule has 0 bridgehead atoms. The van der Waals surface area contributed by atoms with Crippen LogP contribution in [0.2, 0.25) is 0 Å². The minimum absolute atomic E-state index is 0.144. The Morgan fingerprint density at radius 2 is 2.33 bits per heavy atom. The zero-order chi connectivity index (χ0) is 13.0. The lowest BCUT2D eigenvalue weighted by molar-refractivity contribution is -0.137. The highest BCUT2D eigenvalue weighted by molar-refractivity contribution is 7.09. The Morgan fingerprint density at radius 1 is 1.61 bits per heavy atom. The first-order valence-corrected chi connectivity index (χ1v) is 7.05. The highest BCUT2D eigenvalue weighted by Crippen LogP contribution is 2.08. The fourth-order valence-corrected chi connectivity index (χ4v) is 2.50. The quantitative estimate of drug-likeness (QED) is 0.878. The minimum Gasteiger partial charge on any atom is -0.378 e. The van der Waals surface area contributed by atoms with Gasteiger partial charge < -0.3 is 15.0 Å². The van der Waals surface area contributed by atoms with E-state index in [1.807, 2.05) is 24.1 Å². The first kappa shape index (κ1) is 13.5. The van der Waals surface area contributed by atoms with Gasteiger partial charge in [0.2, 0.25) is 5.91 Å². The van der Waals surface area contributed by atoms with Crippen molar-refractivity contribution >= 4 is 17.2 Å². The van der Waals surface area contributed by atoms with Gasteiger partial charge in [-0.2, -0.15) is 0 Å². The lowest BCUT2D eigenvalue weighted by atomic mass is 10.2. The summed E-state index contributed by atoms with van der Waals surface area (Å²) < 4.78 is 5.24. The number of ether oxygens (including phenoxy) is 1. The number of carbonyl (C=O) groups is 1. The number of carbonyl (C=O) groups excluding carboxylic acids is 1. The Bertz CT molecular complexity index is 402.